The average molecular weight is 616 g/mol. The number of piperidine rings is 1. The Morgan fingerprint density at radius 2 is 1.84 bits per heavy atom. The van der Waals surface area contributed by atoms with E-state index in [9.17, 15) is 19.5 Å². The molecule has 0 bridgehead atoms. The predicted molar refractivity (Wildman–Crippen MR) is 156 cm³/mol. The summed E-state index contributed by atoms with van der Waals surface area (Å²) >= 11 is 6.40. The minimum Gasteiger partial charge on any atom is -0.474 e. The fourth-order valence-corrected chi connectivity index (χ4v) is 5.32. The third-order valence-corrected chi connectivity index (χ3v) is 7.49. The highest BCUT2D eigenvalue weighted by Gasteiger charge is 2.30. The van der Waals surface area contributed by atoms with Crippen molar-refractivity contribution in [3.63, 3.8) is 0 Å². The molecule has 0 saturated carbocycles. The highest BCUT2D eigenvalue weighted by atomic mass is 35.5. The van der Waals surface area contributed by atoms with Gasteiger partial charge in [-0.15, -0.1) is 0 Å². The first-order valence-electron chi connectivity index (χ1n) is 13.7. The normalized spacial score (nSPS) is 15.5. The van der Waals surface area contributed by atoms with Crippen molar-refractivity contribution in [1.29, 1.82) is 0 Å². The van der Waals surface area contributed by atoms with Crippen molar-refractivity contribution in [3.8, 4) is 17.0 Å². The molecule has 12 nitrogen and oxygen atoms in total. The van der Waals surface area contributed by atoms with Crippen LogP contribution < -0.4 is 15.0 Å². The SMILES string of the molecule is Cc1c(-c2cc3cc(NC(=O)OC4CCN(C(=O)OC(C)(C)C)CC4)ncc3c(Cl)c2F)cnc2c1N(C(=O)O)CCO2. The van der Waals surface area contributed by atoms with Gasteiger partial charge in [-0.25, -0.2) is 28.7 Å². The first-order chi connectivity index (χ1) is 20.3. The number of rotatable bonds is 3. The lowest BCUT2D eigenvalue weighted by atomic mass is 9.97. The average Bonchev–Trinajstić information content (AvgIpc) is 2.94. The summed E-state index contributed by atoms with van der Waals surface area (Å²) < 4.78 is 32.0. The molecule has 0 unspecified atom stereocenters. The summed E-state index contributed by atoms with van der Waals surface area (Å²) in [6.07, 6.45) is 0.958. The van der Waals surface area contributed by atoms with Gasteiger partial charge in [0, 0.05) is 54.8 Å². The summed E-state index contributed by atoms with van der Waals surface area (Å²) in [5.74, 6) is -0.424. The molecular formula is C29H31ClFN5O7. The minimum atomic E-state index is -1.18. The molecule has 4 heterocycles. The summed E-state index contributed by atoms with van der Waals surface area (Å²) in [5, 5.41) is 12.9. The Labute approximate surface area is 251 Å². The molecule has 3 aromatic rings. The number of nitrogens with zero attached hydrogens (tertiary/aromatic N) is 4. The number of pyridine rings is 2. The van der Waals surface area contributed by atoms with Crippen LogP contribution in [0.15, 0.2) is 24.5 Å². The molecule has 228 valence electrons. The van der Waals surface area contributed by atoms with E-state index in [2.05, 4.69) is 15.3 Å². The molecule has 0 atom stereocenters. The maximum absolute atomic E-state index is 15.5. The number of fused-ring (bicyclic) bond motifs is 2. The van der Waals surface area contributed by atoms with E-state index < -0.39 is 35.8 Å². The van der Waals surface area contributed by atoms with E-state index in [1.165, 1.54) is 24.5 Å². The number of anilines is 2. The molecule has 1 saturated heterocycles. The van der Waals surface area contributed by atoms with E-state index in [0.717, 1.165) is 4.90 Å². The summed E-state index contributed by atoms with van der Waals surface area (Å²) in [6.45, 7) is 8.09. The summed E-state index contributed by atoms with van der Waals surface area (Å²) in [7, 11) is 0. The van der Waals surface area contributed by atoms with Crippen molar-refractivity contribution in [2.45, 2.75) is 52.2 Å². The Hall–Kier alpha value is -4.39. The molecule has 0 aliphatic carbocycles. The molecule has 1 fully saturated rings. The lowest BCUT2D eigenvalue weighted by Crippen LogP contribution is -2.44. The minimum absolute atomic E-state index is 0.0951. The van der Waals surface area contributed by atoms with Crippen LogP contribution in [-0.4, -0.2) is 76.2 Å². The lowest BCUT2D eigenvalue weighted by Gasteiger charge is -2.33. The van der Waals surface area contributed by atoms with Crippen LogP contribution >= 0.6 is 11.6 Å². The number of carbonyl (C=O) groups is 3. The van der Waals surface area contributed by atoms with Gasteiger partial charge in [-0.3, -0.25) is 10.2 Å². The van der Waals surface area contributed by atoms with Crippen molar-refractivity contribution >= 4 is 52.2 Å². The fraction of sp³-hybridized carbons (Fsp3) is 0.414. The van der Waals surface area contributed by atoms with Crippen LogP contribution in [0.5, 0.6) is 5.88 Å². The van der Waals surface area contributed by atoms with E-state index in [-0.39, 0.29) is 41.1 Å². The van der Waals surface area contributed by atoms with Crippen molar-refractivity contribution in [2.75, 3.05) is 36.5 Å². The molecule has 14 heteroatoms. The lowest BCUT2D eigenvalue weighted by molar-refractivity contribution is 0.00792. The second kappa shape index (κ2) is 11.7. The number of carbonyl (C=O) groups excluding carboxylic acids is 2. The first kappa shape index (κ1) is 30.1. The van der Waals surface area contributed by atoms with E-state index in [4.69, 9.17) is 25.8 Å². The Balaban J connectivity index is 1.33. The maximum atomic E-state index is 15.5. The van der Waals surface area contributed by atoms with Gasteiger partial charge in [0.15, 0.2) is 0 Å². The highest BCUT2D eigenvalue weighted by Crippen LogP contribution is 2.42. The number of likely N-dealkylation sites (tertiary alicyclic amines) is 1. The zero-order chi connectivity index (χ0) is 31.1. The molecule has 2 aliphatic rings. The number of nitrogens with one attached hydrogen (secondary N) is 1. The number of hydrogen-bond acceptors (Lipinski definition) is 8. The topological polar surface area (TPSA) is 143 Å². The molecule has 3 amide bonds. The number of aromatic nitrogens is 2. The van der Waals surface area contributed by atoms with Gasteiger partial charge in [0.05, 0.1) is 11.6 Å². The third-order valence-electron chi connectivity index (χ3n) is 7.12. The van der Waals surface area contributed by atoms with Gasteiger partial charge in [-0.1, -0.05) is 11.6 Å². The number of ether oxygens (including phenoxy) is 3. The van der Waals surface area contributed by atoms with Gasteiger partial charge in [0.1, 0.15) is 35.6 Å². The van der Waals surface area contributed by atoms with E-state index in [1.807, 2.05) is 0 Å². The van der Waals surface area contributed by atoms with Gasteiger partial charge in [-0.05, 0) is 50.8 Å². The molecule has 43 heavy (non-hydrogen) atoms. The monoisotopic (exact) mass is 615 g/mol. The maximum Gasteiger partial charge on any atom is 0.413 e. The van der Waals surface area contributed by atoms with Crippen molar-refractivity contribution < 1.29 is 38.1 Å². The zero-order valence-electron chi connectivity index (χ0n) is 24.1. The quantitative estimate of drug-likeness (QED) is 0.351. The van der Waals surface area contributed by atoms with Crippen molar-refractivity contribution in [3.05, 3.63) is 40.9 Å². The molecule has 5 rings (SSSR count). The highest BCUT2D eigenvalue weighted by molar-refractivity contribution is 6.36. The standard InChI is InChI=1S/C29H31ClFN5O7/c1-15-19(13-33-25-24(15)36(27(38)39)9-10-41-25)18-11-16-12-21(32-14-20(16)22(30)23(18)31)34-26(37)42-17-5-7-35(8-6-17)28(40)43-29(2,3)4/h11-14,17H,5-10H2,1-4H3,(H,38,39)(H,32,34,37). The van der Waals surface area contributed by atoms with Crippen LogP contribution in [0.1, 0.15) is 39.2 Å². The predicted octanol–water partition coefficient (Wildman–Crippen LogP) is 6.22. The Morgan fingerprint density at radius 3 is 2.51 bits per heavy atom. The summed E-state index contributed by atoms with van der Waals surface area (Å²) in [5.41, 5.74) is 0.525. The second-order valence-corrected chi connectivity index (χ2v) is 11.7. The van der Waals surface area contributed by atoms with E-state index >= 15 is 4.39 Å². The van der Waals surface area contributed by atoms with Crippen molar-refractivity contribution in [1.82, 2.24) is 14.9 Å². The Kier molecular flexibility index (Phi) is 8.19. The number of hydrogen-bond donors (Lipinski definition) is 2. The Bertz CT molecular complexity index is 1600. The molecule has 2 N–H and O–H groups in total. The summed E-state index contributed by atoms with van der Waals surface area (Å²) in [6, 6.07) is 3.07. The molecule has 1 aromatic carbocycles. The van der Waals surface area contributed by atoms with Crippen molar-refractivity contribution in [2.24, 2.45) is 0 Å². The van der Waals surface area contributed by atoms with Gasteiger partial charge in [0.2, 0.25) is 5.88 Å². The zero-order valence-corrected chi connectivity index (χ0v) is 24.8. The van der Waals surface area contributed by atoms with Gasteiger partial charge in [0.25, 0.3) is 0 Å². The van der Waals surface area contributed by atoms with E-state index in [1.54, 1.807) is 32.6 Å². The second-order valence-electron chi connectivity index (χ2n) is 11.3. The van der Waals surface area contributed by atoms with Gasteiger partial charge in [-0.2, -0.15) is 0 Å². The van der Waals surface area contributed by atoms with E-state index in [0.29, 0.717) is 47.8 Å². The molecule has 2 aromatic heterocycles. The number of carboxylic acid groups (broad SMARTS) is 1. The van der Waals surface area contributed by atoms with Crippen LogP contribution in [0.3, 0.4) is 0 Å². The smallest absolute Gasteiger partial charge is 0.413 e. The third kappa shape index (κ3) is 6.36. The fourth-order valence-electron chi connectivity index (χ4n) is 5.06. The first-order valence-corrected chi connectivity index (χ1v) is 14.1. The van der Waals surface area contributed by atoms with Crippen LogP contribution in [0.25, 0.3) is 21.9 Å². The van der Waals surface area contributed by atoms with Gasteiger partial charge < -0.3 is 24.2 Å². The number of amides is 3. The van der Waals surface area contributed by atoms with Crippen LogP contribution in [0, 0.1) is 12.7 Å². The van der Waals surface area contributed by atoms with Gasteiger partial charge >= 0.3 is 18.3 Å². The largest absolute Gasteiger partial charge is 0.474 e. The summed E-state index contributed by atoms with van der Waals surface area (Å²) in [4.78, 5) is 47.9. The van der Waals surface area contributed by atoms with Crippen LogP contribution in [0.4, 0.5) is 30.3 Å². The molecule has 0 radical (unpaired) electrons. The Morgan fingerprint density at radius 1 is 1.12 bits per heavy atom. The van der Waals surface area contributed by atoms with Crippen LogP contribution in [0.2, 0.25) is 5.02 Å². The van der Waals surface area contributed by atoms with Crippen LogP contribution in [-0.2, 0) is 9.47 Å². The molecular weight excluding hydrogens is 585 g/mol. The number of halogens is 2. The molecule has 0 spiro atoms. The number of benzene rings is 1. The molecule has 2 aliphatic heterocycles.